The van der Waals surface area contributed by atoms with Crippen molar-refractivity contribution < 1.29 is 17.5 Å². The quantitative estimate of drug-likeness (QED) is 0.350. The summed E-state index contributed by atoms with van der Waals surface area (Å²) < 4.78 is 47.6. The van der Waals surface area contributed by atoms with E-state index in [1.807, 2.05) is 36.1 Å². The van der Waals surface area contributed by atoms with Crippen molar-refractivity contribution in [2.45, 2.75) is 19.1 Å². The van der Waals surface area contributed by atoms with Gasteiger partial charge in [-0.15, -0.1) is 0 Å². The van der Waals surface area contributed by atoms with Gasteiger partial charge in [0.2, 0.25) is 15.8 Å². The van der Waals surface area contributed by atoms with Crippen LogP contribution in [0.25, 0.3) is 0 Å². The van der Waals surface area contributed by atoms with Crippen molar-refractivity contribution in [2.24, 2.45) is 4.99 Å². The number of benzene rings is 2. The molecule has 0 radical (unpaired) electrons. The Morgan fingerprint density at radius 1 is 1.10 bits per heavy atom. The van der Waals surface area contributed by atoms with Gasteiger partial charge in [-0.05, 0) is 38.1 Å². The number of rotatable bonds is 6. The van der Waals surface area contributed by atoms with Crippen LogP contribution in [0, 0.1) is 5.82 Å². The number of nitrogens with one attached hydrogen (secondary N) is 4. The molecule has 1 fully saturated rings. The van der Waals surface area contributed by atoms with E-state index in [1.54, 1.807) is 19.4 Å². The predicted molar refractivity (Wildman–Crippen MR) is 162 cm³/mol. The van der Waals surface area contributed by atoms with Crippen LogP contribution in [0.2, 0.25) is 0 Å². The van der Waals surface area contributed by atoms with Crippen LogP contribution in [0.15, 0.2) is 47.6 Å². The van der Waals surface area contributed by atoms with E-state index in [2.05, 4.69) is 32.9 Å². The van der Waals surface area contributed by atoms with E-state index >= 15 is 4.39 Å². The van der Waals surface area contributed by atoms with Crippen molar-refractivity contribution in [3.63, 3.8) is 0 Å². The maximum atomic E-state index is 15.5. The number of piperazine rings is 1. The number of fused-ring (bicyclic) bond motifs is 2. The number of anilines is 5. The van der Waals surface area contributed by atoms with Gasteiger partial charge in [0.15, 0.2) is 0 Å². The van der Waals surface area contributed by atoms with Crippen LogP contribution < -0.4 is 29.9 Å². The zero-order chi connectivity index (χ0) is 28.9. The molecule has 0 amide bonds. The fraction of sp³-hybridized carbons (Fsp3) is 0.393. The largest absolute Gasteiger partial charge is 0.495 e. The van der Waals surface area contributed by atoms with E-state index in [4.69, 9.17) is 9.73 Å². The maximum absolute atomic E-state index is 15.5. The summed E-state index contributed by atoms with van der Waals surface area (Å²) in [6, 6.07) is 10.7. The first-order valence-electron chi connectivity index (χ1n) is 13.6. The van der Waals surface area contributed by atoms with Crippen molar-refractivity contribution in [2.75, 3.05) is 78.3 Å². The monoisotopic (exact) mass is 582 g/mol. The molecule has 11 nitrogen and oxygen atoms in total. The minimum Gasteiger partial charge on any atom is -0.495 e. The Bertz CT molecular complexity index is 1620. The second-order valence-electron chi connectivity index (χ2n) is 10.9. The SMILES string of the molecule is COc1cc(N2CCN(C)CC2)c(F)cc1NC1(C)N=C(Nc2cccc3c2N(S(C)(=O)=O)CC3)c2cc[nH]c2N1. The zero-order valence-corrected chi connectivity index (χ0v) is 24.4. The summed E-state index contributed by atoms with van der Waals surface area (Å²) in [5.41, 5.74) is 3.96. The molecular formula is C28H35FN8O3S. The summed E-state index contributed by atoms with van der Waals surface area (Å²) in [7, 11) is 0.170. The molecule has 1 aromatic heterocycles. The molecule has 3 aliphatic heterocycles. The van der Waals surface area contributed by atoms with Gasteiger partial charge in [0.25, 0.3) is 0 Å². The number of nitrogens with zero attached hydrogens (tertiary/aromatic N) is 4. The first kappa shape index (κ1) is 27.2. The number of ether oxygens (including phenoxy) is 1. The van der Waals surface area contributed by atoms with Crippen LogP contribution >= 0.6 is 0 Å². The van der Waals surface area contributed by atoms with E-state index in [0.717, 1.165) is 37.3 Å². The number of aliphatic imine (C=N–C) groups is 1. The van der Waals surface area contributed by atoms with Gasteiger partial charge in [0.05, 0.1) is 41.7 Å². The molecule has 218 valence electrons. The van der Waals surface area contributed by atoms with Crippen molar-refractivity contribution in [3.05, 3.63) is 59.5 Å². The fourth-order valence-electron chi connectivity index (χ4n) is 5.72. The lowest BCUT2D eigenvalue weighted by molar-refractivity contribution is 0.311. The number of likely N-dealkylation sites (N-methyl/N-ethyl adjacent to an activating group) is 1. The second kappa shape index (κ2) is 10.1. The molecule has 3 aromatic rings. The summed E-state index contributed by atoms with van der Waals surface area (Å²) >= 11 is 0. The number of hydrogen-bond acceptors (Lipinski definition) is 9. The number of methoxy groups -OCH3 is 1. The maximum Gasteiger partial charge on any atom is 0.232 e. The lowest BCUT2D eigenvalue weighted by Crippen LogP contribution is -2.46. The Kier molecular flexibility index (Phi) is 6.73. The number of aromatic nitrogens is 1. The molecule has 4 heterocycles. The van der Waals surface area contributed by atoms with E-state index in [0.29, 0.717) is 53.1 Å². The van der Waals surface area contributed by atoms with Crippen LogP contribution in [0.5, 0.6) is 5.75 Å². The van der Waals surface area contributed by atoms with Crippen molar-refractivity contribution in [1.29, 1.82) is 0 Å². The highest BCUT2D eigenvalue weighted by molar-refractivity contribution is 7.92. The fourth-order valence-corrected chi connectivity index (χ4v) is 6.69. The van der Waals surface area contributed by atoms with Crippen LogP contribution in [-0.2, 0) is 16.4 Å². The van der Waals surface area contributed by atoms with Crippen molar-refractivity contribution in [1.82, 2.24) is 9.88 Å². The minimum atomic E-state index is -3.45. The summed E-state index contributed by atoms with van der Waals surface area (Å²) in [6.45, 7) is 5.42. The molecular weight excluding hydrogens is 547 g/mol. The molecule has 0 saturated carbocycles. The van der Waals surface area contributed by atoms with Crippen LogP contribution in [0.4, 0.5) is 33.0 Å². The third-order valence-electron chi connectivity index (χ3n) is 7.80. The van der Waals surface area contributed by atoms with E-state index in [9.17, 15) is 8.42 Å². The Hall–Kier alpha value is -3.97. The number of amidine groups is 1. The zero-order valence-electron chi connectivity index (χ0n) is 23.6. The smallest absolute Gasteiger partial charge is 0.232 e. The number of halogens is 1. The summed E-state index contributed by atoms with van der Waals surface area (Å²) in [5, 5.41) is 10.1. The van der Waals surface area contributed by atoms with Gasteiger partial charge in [-0.3, -0.25) is 4.31 Å². The van der Waals surface area contributed by atoms with E-state index < -0.39 is 15.8 Å². The van der Waals surface area contributed by atoms with Gasteiger partial charge in [0, 0.05) is 51.1 Å². The van der Waals surface area contributed by atoms with Gasteiger partial charge in [0.1, 0.15) is 23.2 Å². The third kappa shape index (κ3) is 5.15. The van der Waals surface area contributed by atoms with E-state index in [-0.39, 0.29) is 5.82 Å². The van der Waals surface area contributed by atoms with Gasteiger partial charge in [-0.25, -0.2) is 17.8 Å². The summed E-state index contributed by atoms with van der Waals surface area (Å²) in [6.07, 6.45) is 3.65. The summed E-state index contributed by atoms with van der Waals surface area (Å²) in [5.74, 6) is 0.274. The molecule has 0 aliphatic carbocycles. The number of sulfonamides is 1. The van der Waals surface area contributed by atoms with Crippen molar-refractivity contribution in [3.8, 4) is 5.75 Å². The molecule has 1 saturated heterocycles. The Morgan fingerprint density at radius 3 is 2.61 bits per heavy atom. The lowest BCUT2D eigenvalue weighted by atomic mass is 10.1. The first-order chi connectivity index (χ1) is 19.5. The molecule has 13 heteroatoms. The molecule has 0 spiro atoms. The molecule has 2 aromatic carbocycles. The molecule has 6 rings (SSSR count). The van der Waals surface area contributed by atoms with Gasteiger partial charge in [-0.1, -0.05) is 12.1 Å². The number of hydrogen-bond donors (Lipinski definition) is 4. The van der Waals surface area contributed by atoms with E-state index in [1.165, 1.54) is 16.6 Å². The topological polar surface area (TPSA) is 117 Å². The highest BCUT2D eigenvalue weighted by Crippen LogP contribution is 2.39. The van der Waals surface area contributed by atoms with Crippen LogP contribution in [0.1, 0.15) is 18.1 Å². The Morgan fingerprint density at radius 2 is 1.88 bits per heavy atom. The minimum absolute atomic E-state index is 0.346. The molecule has 1 atom stereocenters. The van der Waals surface area contributed by atoms with Crippen LogP contribution in [0.3, 0.4) is 0 Å². The number of H-pyrrole nitrogens is 1. The highest BCUT2D eigenvalue weighted by atomic mass is 32.2. The first-order valence-corrected chi connectivity index (χ1v) is 15.4. The lowest BCUT2D eigenvalue weighted by Gasteiger charge is -2.36. The van der Waals surface area contributed by atoms with Gasteiger partial charge < -0.3 is 35.5 Å². The van der Waals surface area contributed by atoms with Crippen molar-refractivity contribution >= 4 is 44.4 Å². The second-order valence-corrected chi connectivity index (χ2v) is 12.8. The Balaban J connectivity index is 1.33. The molecule has 4 N–H and O–H groups in total. The molecule has 1 unspecified atom stereocenters. The Labute approximate surface area is 239 Å². The average Bonchev–Trinajstić information content (AvgIpc) is 3.57. The standard InChI is InChI=1S/C28H35FN8O3S/c1-28(32-22-16-20(29)23(17-24(22)40-3)36-14-12-35(2)13-15-36)33-26-19(8-10-30-26)27(34-28)31-21-7-5-6-18-9-11-37(25(18)21)41(4,38)39/h5-8,10,16-17,30,32-33H,9,11-15H2,1-4H3,(H,31,34). The summed E-state index contributed by atoms with van der Waals surface area (Å²) in [4.78, 5) is 12.4. The molecule has 3 aliphatic rings. The van der Waals surface area contributed by atoms with Crippen LogP contribution in [-0.4, -0.2) is 83.1 Å². The molecule has 0 bridgehead atoms. The van der Waals surface area contributed by atoms with Gasteiger partial charge in [-0.2, -0.15) is 0 Å². The highest BCUT2D eigenvalue weighted by Gasteiger charge is 2.34. The average molecular weight is 583 g/mol. The third-order valence-corrected chi connectivity index (χ3v) is 8.97. The van der Waals surface area contributed by atoms with Gasteiger partial charge >= 0.3 is 0 Å². The number of aromatic amines is 1. The number of para-hydroxylation sites is 1. The molecule has 41 heavy (non-hydrogen) atoms. The predicted octanol–water partition coefficient (Wildman–Crippen LogP) is 3.31. The normalized spacial score (nSPS) is 20.7.